The van der Waals surface area contributed by atoms with Crippen LogP contribution in [0.5, 0.6) is 11.5 Å². The van der Waals surface area contributed by atoms with E-state index in [1.165, 1.54) is 0 Å². The largest absolute Gasteiger partial charge is 0.493 e. The summed E-state index contributed by atoms with van der Waals surface area (Å²) in [6.07, 6.45) is 0. The van der Waals surface area contributed by atoms with Crippen molar-refractivity contribution in [2.75, 3.05) is 19.0 Å². The van der Waals surface area contributed by atoms with Crippen LogP contribution in [0.25, 0.3) is 11.0 Å². The van der Waals surface area contributed by atoms with Gasteiger partial charge in [-0.2, -0.15) is 0 Å². The van der Waals surface area contributed by atoms with Gasteiger partial charge in [0.05, 0.1) is 24.7 Å². The molecule has 0 aliphatic heterocycles. The number of aromatic nitrogens is 2. The molecular formula is C25H25ClN4O3. The van der Waals surface area contributed by atoms with Gasteiger partial charge in [0, 0.05) is 23.3 Å². The van der Waals surface area contributed by atoms with E-state index >= 15 is 0 Å². The third kappa shape index (κ3) is 5.83. The van der Waals surface area contributed by atoms with Gasteiger partial charge in [-0.1, -0.05) is 41.4 Å². The lowest BCUT2D eigenvalue weighted by molar-refractivity contribution is -0.118. The number of halogens is 1. The summed E-state index contributed by atoms with van der Waals surface area (Å²) in [5, 5.41) is 6.65. The lowest BCUT2D eigenvalue weighted by atomic mass is 10.2. The molecule has 3 N–H and O–H groups in total. The van der Waals surface area contributed by atoms with Crippen molar-refractivity contribution < 1.29 is 14.3 Å². The minimum Gasteiger partial charge on any atom is -0.493 e. The number of benzene rings is 3. The number of para-hydroxylation sites is 2. The molecule has 0 saturated carbocycles. The predicted octanol–water partition coefficient (Wildman–Crippen LogP) is 4.84. The van der Waals surface area contributed by atoms with Gasteiger partial charge >= 0.3 is 0 Å². The van der Waals surface area contributed by atoms with Crippen molar-refractivity contribution in [2.45, 2.75) is 20.0 Å². The Labute approximate surface area is 197 Å². The lowest BCUT2D eigenvalue weighted by Crippen LogP contribution is -2.20. The number of nitrogens with zero attached hydrogens (tertiary/aromatic N) is 1. The second-order valence-electron chi connectivity index (χ2n) is 7.60. The molecular weight excluding hydrogens is 440 g/mol. The van der Waals surface area contributed by atoms with Crippen molar-refractivity contribution >= 4 is 34.2 Å². The number of nitrogens with one attached hydrogen (secondary N) is 3. The lowest BCUT2D eigenvalue weighted by Gasteiger charge is -2.14. The van der Waals surface area contributed by atoms with E-state index in [2.05, 4.69) is 20.6 Å². The molecule has 0 spiro atoms. The van der Waals surface area contributed by atoms with Gasteiger partial charge in [-0.3, -0.25) is 4.79 Å². The van der Waals surface area contributed by atoms with Gasteiger partial charge in [0.15, 0.2) is 18.1 Å². The topological polar surface area (TPSA) is 88.3 Å². The molecule has 0 unspecified atom stereocenters. The number of carbonyl (C=O) groups excluding carboxylic acids is 1. The first kappa shape index (κ1) is 22.6. The highest BCUT2D eigenvalue weighted by Gasteiger charge is 2.13. The number of ether oxygens (including phenoxy) is 2. The summed E-state index contributed by atoms with van der Waals surface area (Å²) < 4.78 is 11.1. The Hall–Kier alpha value is -3.55. The monoisotopic (exact) mass is 464 g/mol. The molecule has 0 radical (unpaired) electrons. The number of rotatable bonds is 9. The molecule has 0 aliphatic rings. The molecule has 0 aliphatic carbocycles. The maximum Gasteiger partial charge on any atom is 0.262 e. The first-order chi connectivity index (χ1) is 16.0. The van der Waals surface area contributed by atoms with Crippen LogP contribution in [0, 0.1) is 6.92 Å². The van der Waals surface area contributed by atoms with Crippen LogP contribution in [0.4, 0.5) is 5.69 Å². The normalized spacial score (nSPS) is 10.9. The van der Waals surface area contributed by atoms with Crippen LogP contribution in [0.2, 0.25) is 5.02 Å². The average molecular weight is 465 g/mol. The Kier molecular flexibility index (Phi) is 7.12. The summed E-state index contributed by atoms with van der Waals surface area (Å²) in [5.74, 6) is 1.48. The van der Waals surface area contributed by atoms with Crippen LogP contribution < -0.4 is 20.1 Å². The number of hydrogen-bond acceptors (Lipinski definition) is 5. The van der Waals surface area contributed by atoms with Crippen LogP contribution in [-0.2, 0) is 17.9 Å². The molecule has 1 amide bonds. The van der Waals surface area contributed by atoms with Gasteiger partial charge in [0.2, 0.25) is 0 Å². The standard InChI is InChI=1S/C25H25ClN4O3/c1-16-7-9-18(10-8-16)28-25(31)15-33-23-12-19(26)17(11-22(23)32-2)13-27-14-24-29-20-5-3-4-6-21(20)30-24/h3-12,27H,13-15H2,1-2H3,(H,28,31)(H,29,30). The quantitative estimate of drug-likeness (QED) is 0.330. The van der Waals surface area contributed by atoms with Gasteiger partial charge < -0.3 is 25.1 Å². The molecule has 7 nitrogen and oxygen atoms in total. The molecule has 1 aromatic heterocycles. The minimum atomic E-state index is -0.270. The smallest absolute Gasteiger partial charge is 0.262 e. The van der Waals surface area contributed by atoms with Crippen molar-refractivity contribution in [3.8, 4) is 11.5 Å². The second kappa shape index (κ2) is 10.4. The van der Waals surface area contributed by atoms with Crippen LogP contribution in [0.3, 0.4) is 0 Å². The van der Waals surface area contributed by atoms with E-state index in [1.54, 1.807) is 19.2 Å². The third-order valence-corrected chi connectivity index (χ3v) is 5.42. The first-order valence-corrected chi connectivity index (χ1v) is 10.9. The summed E-state index contributed by atoms with van der Waals surface area (Å²) in [6.45, 7) is 2.90. The number of anilines is 1. The van der Waals surface area contributed by atoms with E-state index in [-0.39, 0.29) is 12.5 Å². The van der Waals surface area contributed by atoms with Crippen molar-refractivity contribution in [3.63, 3.8) is 0 Å². The second-order valence-corrected chi connectivity index (χ2v) is 8.01. The maximum atomic E-state index is 12.2. The van der Waals surface area contributed by atoms with Crippen LogP contribution in [0.1, 0.15) is 17.0 Å². The van der Waals surface area contributed by atoms with E-state index < -0.39 is 0 Å². The highest BCUT2D eigenvalue weighted by Crippen LogP contribution is 2.33. The number of imidazole rings is 1. The number of aryl methyl sites for hydroxylation is 1. The molecule has 4 rings (SSSR count). The van der Waals surface area contributed by atoms with Crippen molar-refractivity contribution in [3.05, 3.63) is 82.6 Å². The number of hydrogen-bond donors (Lipinski definition) is 3. The molecule has 0 fully saturated rings. The Morgan fingerprint density at radius 3 is 2.61 bits per heavy atom. The van der Waals surface area contributed by atoms with E-state index in [9.17, 15) is 4.79 Å². The molecule has 33 heavy (non-hydrogen) atoms. The van der Waals surface area contributed by atoms with Gasteiger partial charge in [-0.15, -0.1) is 0 Å². The fourth-order valence-corrected chi connectivity index (χ4v) is 3.59. The van der Waals surface area contributed by atoms with E-state index in [4.69, 9.17) is 21.1 Å². The van der Waals surface area contributed by atoms with Gasteiger partial charge in [0.1, 0.15) is 5.82 Å². The fourth-order valence-electron chi connectivity index (χ4n) is 3.37. The van der Waals surface area contributed by atoms with Gasteiger partial charge in [0.25, 0.3) is 5.91 Å². The third-order valence-electron chi connectivity index (χ3n) is 5.07. The van der Waals surface area contributed by atoms with Crippen molar-refractivity contribution in [1.82, 2.24) is 15.3 Å². The number of methoxy groups -OCH3 is 1. The maximum absolute atomic E-state index is 12.2. The minimum absolute atomic E-state index is 0.162. The zero-order valence-electron chi connectivity index (χ0n) is 18.4. The van der Waals surface area contributed by atoms with Gasteiger partial charge in [-0.05, 0) is 42.8 Å². The molecule has 0 saturated heterocycles. The predicted molar refractivity (Wildman–Crippen MR) is 130 cm³/mol. The highest BCUT2D eigenvalue weighted by molar-refractivity contribution is 6.31. The highest BCUT2D eigenvalue weighted by atomic mass is 35.5. The molecule has 170 valence electrons. The zero-order valence-corrected chi connectivity index (χ0v) is 19.2. The number of aromatic amines is 1. The Morgan fingerprint density at radius 1 is 1.06 bits per heavy atom. The Bertz CT molecular complexity index is 1220. The molecule has 1 heterocycles. The first-order valence-electron chi connectivity index (χ1n) is 10.5. The summed E-state index contributed by atoms with van der Waals surface area (Å²) in [5.41, 5.74) is 4.62. The Morgan fingerprint density at radius 2 is 1.85 bits per heavy atom. The van der Waals surface area contributed by atoms with Gasteiger partial charge in [-0.25, -0.2) is 4.98 Å². The Balaban J connectivity index is 1.34. The molecule has 4 aromatic rings. The summed E-state index contributed by atoms with van der Waals surface area (Å²) in [4.78, 5) is 20.1. The summed E-state index contributed by atoms with van der Waals surface area (Å²) in [6, 6.07) is 18.9. The molecule has 3 aromatic carbocycles. The zero-order chi connectivity index (χ0) is 23.2. The number of H-pyrrole nitrogens is 1. The molecule has 8 heteroatoms. The van der Waals surface area contributed by atoms with E-state index in [0.717, 1.165) is 28.0 Å². The summed E-state index contributed by atoms with van der Waals surface area (Å²) in [7, 11) is 1.55. The molecule has 0 bridgehead atoms. The average Bonchev–Trinajstić information content (AvgIpc) is 3.23. The number of amides is 1. The SMILES string of the molecule is COc1cc(CNCc2nc3ccccc3[nH]2)c(Cl)cc1OCC(=O)Nc1ccc(C)cc1. The van der Waals surface area contributed by atoms with Crippen LogP contribution >= 0.6 is 11.6 Å². The van der Waals surface area contributed by atoms with Crippen LogP contribution in [0.15, 0.2) is 60.7 Å². The fraction of sp³-hybridized carbons (Fsp3) is 0.200. The summed E-state index contributed by atoms with van der Waals surface area (Å²) >= 11 is 6.46. The van der Waals surface area contributed by atoms with Crippen LogP contribution in [-0.4, -0.2) is 29.6 Å². The van der Waals surface area contributed by atoms with E-state index in [0.29, 0.717) is 35.3 Å². The number of carbonyl (C=O) groups is 1. The molecule has 0 atom stereocenters. The van der Waals surface area contributed by atoms with Crippen molar-refractivity contribution in [2.24, 2.45) is 0 Å². The van der Waals surface area contributed by atoms with Crippen molar-refractivity contribution in [1.29, 1.82) is 0 Å². The number of fused-ring (bicyclic) bond motifs is 1. The van der Waals surface area contributed by atoms with E-state index in [1.807, 2.05) is 55.5 Å².